The molecule has 2 aromatic carbocycles. The van der Waals surface area contributed by atoms with Crippen molar-refractivity contribution in [2.24, 2.45) is 5.10 Å². The molecule has 0 N–H and O–H groups in total. The molecule has 2 aliphatic rings. The molecule has 0 bridgehead atoms. The molecule has 8 heteroatoms. The highest BCUT2D eigenvalue weighted by atomic mass is 16.5. The van der Waals surface area contributed by atoms with Crippen molar-refractivity contribution in [3.63, 3.8) is 0 Å². The second kappa shape index (κ2) is 10.8. The van der Waals surface area contributed by atoms with Gasteiger partial charge in [-0.25, -0.2) is 5.01 Å². The number of hydrazone groups is 1. The van der Waals surface area contributed by atoms with E-state index in [0.717, 1.165) is 55.5 Å². The minimum Gasteiger partial charge on any atom is -0.497 e. The fourth-order valence-corrected chi connectivity index (χ4v) is 4.71. The second-order valence-electron chi connectivity index (χ2n) is 9.11. The van der Waals surface area contributed by atoms with Crippen molar-refractivity contribution in [2.75, 3.05) is 39.8 Å². The molecule has 0 unspecified atom stereocenters. The Bertz CT molecular complexity index is 1240. The molecular formula is C28H29N5O3. The Kier molecular flexibility index (Phi) is 7.12. The highest BCUT2D eigenvalue weighted by Crippen LogP contribution is 2.33. The number of nitrogens with zero attached hydrogens (tertiary/aromatic N) is 5. The van der Waals surface area contributed by atoms with Crippen LogP contribution in [-0.2, 0) is 11.3 Å². The van der Waals surface area contributed by atoms with Gasteiger partial charge < -0.3 is 9.15 Å². The Labute approximate surface area is 211 Å². The number of amides is 1. The Morgan fingerprint density at radius 1 is 1.06 bits per heavy atom. The topological polar surface area (TPSA) is 85.3 Å². The van der Waals surface area contributed by atoms with Gasteiger partial charge in [0.05, 0.1) is 37.3 Å². The fraction of sp³-hybridized carbons (Fsp3) is 0.321. The average molecular weight is 484 g/mol. The molecule has 0 radical (unpaired) electrons. The number of carbonyl (C=O) groups is 1. The first-order valence-corrected chi connectivity index (χ1v) is 12.1. The maximum Gasteiger partial charge on any atom is 0.257 e. The van der Waals surface area contributed by atoms with Gasteiger partial charge in [-0.3, -0.25) is 14.6 Å². The first kappa shape index (κ1) is 23.8. The summed E-state index contributed by atoms with van der Waals surface area (Å²) < 4.78 is 10.9. The van der Waals surface area contributed by atoms with Crippen LogP contribution >= 0.6 is 0 Å². The largest absolute Gasteiger partial charge is 0.497 e. The monoisotopic (exact) mass is 483 g/mol. The van der Waals surface area contributed by atoms with E-state index in [9.17, 15) is 4.79 Å². The molecule has 8 nitrogen and oxygen atoms in total. The number of methoxy groups -OCH3 is 1. The number of benzene rings is 2. The Hall–Kier alpha value is -3.93. The highest BCUT2D eigenvalue weighted by molar-refractivity contribution is 6.03. The van der Waals surface area contributed by atoms with Gasteiger partial charge in [0.2, 0.25) is 0 Å². The summed E-state index contributed by atoms with van der Waals surface area (Å²) in [5.41, 5.74) is 3.70. The summed E-state index contributed by atoms with van der Waals surface area (Å²) in [5.74, 6) is 1.49. The van der Waals surface area contributed by atoms with E-state index in [1.807, 2.05) is 60.7 Å². The zero-order valence-electron chi connectivity index (χ0n) is 20.3. The number of carbonyl (C=O) groups excluding carboxylic acids is 1. The lowest BCUT2D eigenvalue weighted by atomic mass is 10.0. The highest BCUT2D eigenvalue weighted by Gasteiger charge is 2.35. The first-order valence-electron chi connectivity index (χ1n) is 12.1. The zero-order valence-corrected chi connectivity index (χ0v) is 20.3. The predicted octanol–water partition coefficient (Wildman–Crippen LogP) is 3.66. The molecule has 1 amide bonds. The first-order chi connectivity index (χ1) is 17.6. The summed E-state index contributed by atoms with van der Waals surface area (Å²) in [4.78, 5) is 18.0. The molecule has 2 aliphatic heterocycles. The maximum atomic E-state index is 13.4. The van der Waals surface area contributed by atoms with Crippen molar-refractivity contribution in [1.29, 1.82) is 5.26 Å². The summed E-state index contributed by atoms with van der Waals surface area (Å²) in [7, 11) is 1.64. The second-order valence-corrected chi connectivity index (χ2v) is 9.11. The van der Waals surface area contributed by atoms with E-state index in [1.54, 1.807) is 18.4 Å². The van der Waals surface area contributed by atoms with Gasteiger partial charge in [0, 0.05) is 39.1 Å². The SMILES string of the molecule is COc1ccc(C2=NN(C(=O)CN3CCN(Cc4ccc(C#N)cc4)CC3)[C@@H](c3ccco3)C2)cc1. The van der Waals surface area contributed by atoms with E-state index in [2.05, 4.69) is 15.9 Å². The van der Waals surface area contributed by atoms with E-state index in [-0.39, 0.29) is 11.9 Å². The lowest BCUT2D eigenvalue weighted by Crippen LogP contribution is -2.49. The average Bonchev–Trinajstić information content (AvgIpc) is 3.61. The van der Waals surface area contributed by atoms with Gasteiger partial charge in [-0.1, -0.05) is 12.1 Å². The molecule has 3 aromatic rings. The smallest absolute Gasteiger partial charge is 0.257 e. The third-order valence-electron chi connectivity index (χ3n) is 6.77. The molecule has 1 aromatic heterocycles. The van der Waals surface area contributed by atoms with Crippen LogP contribution in [0.15, 0.2) is 76.4 Å². The van der Waals surface area contributed by atoms with E-state index in [1.165, 1.54) is 5.56 Å². The normalized spacial score (nSPS) is 18.6. The Morgan fingerprint density at radius 3 is 2.42 bits per heavy atom. The summed E-state index contributed by atoms with van der Waals surface area (Å²) >= 11 is 0. The van der Waals surface area contributed by atoms with Crippen LogP contribution in [0.3, 0.4) is 0 Å². The standard InChI is InChI=1S/C28H29N5O3/c1-35-24-10-8-23(9-11-24)25-17-26(27-3-2-16-36-27)33(30-25)28(34)20-32-14-12-31(13-15-32)19-22-6-4-21(18-29)5-7-22/h2-11,16,26H,12-15,17,19-20H2,1H3/t26-/m1/s1. The van der Waals surface area contributed by atoms with E-state index in [4.69, 9.17) is 19.5 Å². The summed E-state index contributed by atoms with van der Waals surface area (Å²) in [6, 6.07) is 21.1. The van der Waals surface area contributed by atoms with Crippen LogP contribution in [0.1, 0.15) is 34.9 Å². The predicted molar refractivity (Wildman–Crippen MR) is 135 cm³/mol. The van der Waals surface area contributed by atoms with Crippen molar-refractivity contribution >= 4 is 11.6 Å². The van der Waals surface area contributed by atoms with Crippen molar-refractivity contribution in [2.45, 2.75) is 19.0 Å². The van der Waals surface area contributed by atoms with Crippen molar-refractivity contribution in [3.8, 4) is 11.8 Å². The fourth-order valence-electron chi connectivity index (χ4n) is 4.71. The van der Waals surface area contributed by atoms with E-state index < -0.39 is 0 Å². The number of furan rings is 1. The van der Waals surface area contributed by atoms with Crippen LogP contribution in [0, 0.1) is 11.3 Å². The van der Waals surface area contributed by atoms with Crippen molar-refractivity contribution in [3.05, 3.63) is 89.4 Å². The third kappa shape index (κ3) is 5.33. The zero-order chi connectivity index (χ0) is 24.9. The molecule has 184 valence electrons. The van der Waals surface area contributed by atoms with Crippen LogP contribution in [0.2, 0.25) is 0 Å². The number of piperazine rings is 1. The van der Waals surface area contributed by atoms with Gasteiger partial charge in [-0.15, -0.1) is 0 Å². The molecule has 1 atom stereocenters. The summed E-state index contributed by atoms with van der Waals surface area (Å²) in [6.07, 6.45) is 2.24. The van der Waals surface area contributed by atoms with Crippen LogP contribution in [0.25, 0.3) is 0 Å². The van der Waals surface area contributed by atoms with Crippen LogP contribution in [0.4, 0.5) is 0 Å². The lowest BCUT2D eigenvalue weighted by molar-refractivity contribution is -0.135. The third-order valence-corrected chi connectivity index (χ3v) is 6.77. The van der Waals surface area contributed by atoms with Gasteiger partial charge >= 0.3 is 0 Å². The molecule has 1 saturated heterocycles. The minimum atomic E-state index is -0.248. The van der Waals surface area contributed by atoms with Gasteiger partial charge in [-0.2, -0.15) is 10.4 Å². The van der Waals surface area contributed by atoms with Crippen LogP contribution < -0.4 is 4.74 Å². The van der Waals surface area contributed by atoms with Gasteiger partial charge in [0.25, 0.3) is 5.91 Å². The van der Waals surface area contributed by atoms with Crippen LogP contribution in [0.5, 0.6) is 5.75 Å². The molecule has 3 heterocycles. The molecule has 36 heavy (non-hydrogen) atoms. The van der Waals surface area contributed by atoms with E-state index >= 15 is 0 Å². The molecule has 0 saturated carbocycles. The maximum absolute atomic E-state index is 13.4. The molecule has 0 aliphatic carbocycles. The molecule has 0 spiro atoms. The summed E-state index contributed by atoms with van der Waals surface area (Å²) in [6.45, 7) is 4.56. The number of ether oxygens (including phenoxy) is 1. The molecular weight excluding hydrogens is 454 g/mol. The Morgan fingerprint density at radius 2 is 1.78 bits per heavy atom. The number of hydrogen-bond donors (Lipinski definition) is 0. The van der Waals surface area contributed by atoms with E-state index in [0.29, 0.717) is 18.5 Å². The number of nitriles is 1. The number of rotatable bonds is 7. The van der Waals surface area contributed by atoms with Crippen LogP contribution in [-0.4, -0.2) is 66.3 Å². The summed E-state index contributed by atoms with van der Waals surface area (Å²) in [5, 5.41) is 15.3. The number of hydrogen-bond acceptors (Lipinski definition) is 7. The lowest BCUT2D eigenvalue weighted by Gasteiger charge is -2.35. The minimum absolute atomic E-state index is 0.0274. The molecule has 5 rings (SSSR count). The quantitative estimate of drug-likeness (QED) is 0.510. The molecule has 1 fully saturated rings. The van der Waals surface area contributed by atoms with Crippen molar-refractivity contribution < 1.29 is 13.9 Å². The Balaban J connectivity index is 1.21. The van der Waals surface area contributed by atoms with Gasteiger partial charge in [-0.05, 0) is 59.7 Å². The van der Waals surface area contributed by atoms with Crippen molar-refractivity contribution in [1.82, 2.24) is 14.8 Å². The van der Waals surface area contributed by atoms with Gasteiger partial charge in [0.15, 0.2) is 0 Å². The van der Waals surface area contributed by atoms with Gasteiger partial charge in [0.1, 0.15) is 17.6 Å².